The van der Waals surface area contributed by atoms with Gasteiger partial charge in [-0.25, -0.2) is 4.98 Å². The lowest BCUT2D eigenvalue weighted by Crippen LogP contribution is -2.60. The van der Waals surface area contributed by atoms with Gasteiger partial charge in [0.05, 0.1) is 19.1 Å². The number of ketones is 1. The van der Waals surface area contributed by atoms with Gasteiger partial charge in [0.15, 0.2) is 16.7 Å². The Morgan fingerprint density at radius 1 is 1.26 bits per heavy atom. The molecule has 1 unspecified atom stereocenters. The molecule has 2 aromatic carbocycles. The number of carbonyl (C=O) groups excluding carboxylic acids is 2. The molecule has 5 heterocycles. The SMILES string of the molecule is COc1ccc2[nH]cc(C(=O)[C@]3(C#N)[C@@H](c4ncc[nH]4)C4CSCN4[C@]34C(=O)N(C)c3ccccc34)c2c1. The Kier molecular flexibility index (Phi) is 4.84. The largest absolute Gasteiger partial charge is 0.497 e. The van der Waals surface area contributed by atoms with E-state index in [2.05, 4.69) is 25.9 Å². The maximum Gasteiger partial charge on any atom is 0.254 e. The molecule has 0 saturated carbocycles. The lowest BCUT2D eigenvalue weighted by molar-refractivity contribution is -0.131. The molecule has 4 atom stereocenters. The third-order valence-corrected chi connectivity index (χ3v) is 9.56. The van der Waals surface area contributed by atoms with Crippen molar-refractivity contribution in [3.8, 4) is 11.8 Å². The predicted molar refractivity (Wildman–Crippen MR) is 143 cm³/mol. The van der Waals surface area contributed by atoms with E-state index in [0.29, 0.717) is 45.4 Å². The zero-order chi connectivity index (χ0) is 26.2. The minimum absolute atomic E-state index is 0.252. The number of ether oxygens (including phenoxy) is 1. The minimum atomic E-state index is -1.80. The molecule has 38 heavy (non-hydrogen) atoms. The monoisotopic (exact) mass is 524 g/mol. The molecule has 3 aliphatic rings. The highest BCUT2D eigenvalue weighted by atomic mass is 32.2. The van der Waals surface area contributed by atoms with Gasteiger partial charge < -0.3 is 19.6 Å². The van der Waals surface area contributed by atoms with Crippen LogP contribution in [-0.4, -0.2) is 63.4 Å². The first-order valence-electron chi connectivity index (χ1n) is 12.3. The number of Topliss-reactive ketones (excluding diaryl/α,β-unsaturated/α-hetero) is 1. The highest BCUT2D eigenvalue weighted by Gasteiger charge is 2.80. The second-order valence-corrected chi connectivity index (χ2v) is 10.9. The number of aromatic nitrogens is 3. The number of anilines is 1. The molecule has 2 saturated heterocycles. The number of likely N-dealkylation sites (N-methyl/N-ethyl adjacent to an activating group) is 1. The number of amides is 1. The molecule has 3 aliphatic heterocycles. The van der Waals surface area contributed by atoms with Gasteiger partial charge in [-0.1, -0.05) is 18.2 Å². The summed E-state index contributed by atoms with van der Waals surface area (Å²) in [5.41, 5.74) is -0.826. The second-order valence-electron chi connectivity index (χ2n) is 9.94. The van der Waals surface area contributed by atoms with Crippen molar-refractivity contribution in [3.63, 3.8) is 0 Å². The number of nitriles is 1. The van der Waals surface area contributed by atoms with Gasteiger partial charge in [-0.15, -0.1) is 11.8 Å². The summed E-state index contributed by atoms with van der Waals surface area (Å²) >= 11 is 1.70. The number of nitrogens with one attached hydrogen (secondary N) is 2. The van der Waals surface area contributed by atoms with E-state index < -0.39 is 22.7 Å². The molecule has 2 aromatic heterocycles. The Morgan fingerprint density at radius 3 is 2.87 bits per heavy atom. The predicted octanol–water partition coefficient (Wildman–Crippen LogP) is 3.64. The van der Waals surface area contributed by atoms with Crippen LogP contribution in [0.5, 0.6) is 5.75 Å². The number of fused-ring (bicyclic) bond motifs is 5. The number of para-hydroxylation sites is 1. The maximum atomic E-state index is 15.1. The van der Waals surface area contributed by atoms with Crippen molar-refractivity contribution in [2.45, 2.75) is 17.5 Å². The number of aromatic amines is 2. The fourth-order valence-electron chi connectivity index (χ4n) is 6.99. The summed E-state index contributed by atoms with van der Waals surface area (Å²) in [6.45, 7) is 0. The highest BCUT2D eigenvalue weighted by molar-refractivity contribution is 7.99. The van der Waals surface area contributed by atoms with Crippen LogP contribution in [0.25, 0.3) is 10.9 Å². The van der Waals surface area contributed by atoms with E-state index in [1.54, 1.807) is 55.5 Å². The average molecular weight is 525 g/mol. The van der Waals surface area contributed by atoms with Crippen molar-refractivity contribution in [1.29, 1.82) is 5.26 Å². The number of methoxy groups -OCH3 is 1. The molecule has 2 N–H and O–H groups in total. The van der Waals surface area contributed by atoms with Crippen molar-refractivity contribution >= 4 is 40.0 Å². The summed E-state index contributed by atoms with van der Waals surface area (Å²) in [5.74, 6) is 0.987. The van der Waals surface area contributed by atoms with Gasteiger partial charge >= 0.3 is 0 Å². The number of H-pyrrole nitrogens is 2. The molecule has 0 aliphatic carbocycles. The van der Waals surface area contributed by atoms with Gasteiger partial charge in [0.2, 0.25) is 0 Å². The van der Waals surface area contributed by atoms with Crippen molar-refractivity contribution < 1.29 is 14.3 Å². The van der Waals surface area contributed by atoms with Crippen LogP contribution in [0.15, 0.2) is 61.1 Å². The van der Waals surface area contributed by atoms with Crippen LogP contribution in [0.4, 0.5) is 5.69 Å². The van der Waals surface area contributed by atoms with E-state index in [-0.39, 0.29) is 11.9 Å². The molecule has 9 nitrogen and oxygen atoms in total. The molecular formula is C28H24N6O3S. The van der Waals surface area contributed by atoms with Crippen molar-refractivity contribution in [2.75, 3.05) is 30.7 Å². The number of hydrogen-bond donors (Lipinski definition) is 2. The van der Waals surface area contributed by atoms with Crippen LogP contribution in [0.2, 0.25) is 0 Å². The zero-order valence-corrected chi connectivity index (χ0v) is 21.6. The molecular weight excluding hydrogens is 500 g/mol. The maximum absolute atomic E-state index is 15.1. The summed E-state index contributed by atoms with van der Waals surface area (Å²) in [6, 6.07) is 15.2. The number of thioether (sulfide) groups is 1. The Labute approximate surface area is 222 Å². The third kappa shape index (κ3) is 2.53. The van der Waals surface area contributed by atoms with E-state index in [1.807, 2.05) is 36.4 Å². The van der Waals surface area contributed by atoms with Gasteiger partial charge in [-0.2, -0.15) is 5.26 Å². The first-order chi connectivity index (χ1) is 18.5. The smallest absolute Gasteiger partial charge is 0.254 e. The number of nitrogens with zero attached hydrogens (tertiary/aromatic N) is 4. The number of hydrogen-bond acceptors (Lipinski definition) is 7. The number of imidazole rings is 1. The van der Waals surface area contributed by atoms with E-state index in [9.17, 15) is 10.1 Å². The van der Waals surface area contributed by atoms with Gasteiger partial charge in [-0.3, -0.25) is 14.5 Å². The molecule has 190 valence electrons. The van der Waals surface area contributed by atoms with E-state index >= 15 is 4.79 Å². The van der Waals surface area contributed by atoms with Crippen LogP contribution in [0, 0.1) is 16.7 Å². The number of carbonyl (C=O) groups is 2. The highest BCUT2D eigenvalue weighted by Crippen LogP contribution is 2.68. The molecule has 0 bridgehead atoms. The molecule has 10 heteroatoms. The summed E-state index contributed by atoms with van der Waals surface area (Å²) < 4.78 is 5.44. The minimum Gasteiger partial charge on any atom is -0.497 e. The molecule has 4 aromatic rings. The Balaban J connectivity index is 1.58. The Hall–Kier alpha value is -4.07. The van der Waals surface area contributed by atoms with Gasteiger partial charge in [-0.05, 0) is 24.3 Å². The van der Waals surface area contributed by atoms with Gasteiger partial charge in [0, 0.05) is 71.0 Å². The summed E-state index contributed by atoms with van der Waals surface area (Å²) in [7, 11) is 3.29. The van der Waals surface area contributed by atoms with E-state index in [4.69, 9.17) is 4.74 Å². The Bertz CT molecular complexity index is 1660. The van der Waals surface area contributed by atoms with Crippen LogP contribution in [0.1, 0.15) is 27.7 Å². The number of rotatable bonds is 4. The standard InChI is InChI=1S/C28H24N6O3S/c1-33-21-6-4-3-5-19(21)28(26(33)36)27(14-29,23(25-30-9-10-31-25)22-13-38-15-34(22)28)24(35)18-12-32-20-8-7-16(37-2)11-17(18)20/h3-12,22-23,32H,13,15H2,1-2H3,(H,30,31)/t22?,23-,27+,28-/m1/s1. The van der Waals surface area contributed by atoms with E-state index in [0.717, 1.165) is 5.52 Å². The van der Waals surface area contributed by atoms with Crippen LogP contribution in [0.3, 0.4) is 0 Å². The fourth-order valence-corrected chi connectivity index (χ4v) is 8.29. The van der Waals surface area contributed by atoms with Crippen LogP contribution < -0.4 is 9.64 Å². The molecule has 0 radical (unpaired) electrons. The topological polar surface area (TPSA) is 118 Å². The van der Waals surface area contributed by atoms with Gasteiger partial charge in [0.1, 0.15) is 11.6 Å². The van der Waals surface area contributed by atoms with Crippen LogP contribution in [-0.2, 0) is 10.3 Å². The zero-order valence-electron chi connectivity index (χ0n) is 20.8. The second kappa shape index (κ2) is 7.96. The fraction of sp³-hybridized carbons (Fsp3) is 0.286. The Morgan fingerprint density at radius 2 is 2.11 bits per heavy atom. The summed E-state index contributed by atoms with van der Waals surface area (Å²) in [5, 5.41) is 11.9. The van der Waals surface area contributed by atoms with Gasteiger partial charge in [0.25, 0.3) is 5.91 Å². The first kappa shape index (κ1) is 23.1. The lowest BCUT2D eigenvalue weighted by Gasteiger charge is -2.41. The number of benzene rings is 2. The molecule has 2 fully saturated rings. The third-order valence-electron chi connectivity index (χ3n) is 8.52. The summed E-state index contributed by atoms with van der Waals surface area (Å²) in [6.07, 6.45) is 4.98. The summed E-state index contributed by atoms with van der Waals surface area (Å²) in [4.78, 5) is 44.3. The first-order valence-corrected chi connectivity index (χ1v) is 13.5. The molecule has 1 amide bonds. The molecule has 7 rings (SSSR count). The van der Waals surface area contributed by atoms with Crippen LogP contribution >= 0.6 is 11.8 Å². The van der Waals surface area contributed by atoms with Crippen molar-refractivity contribution in [3.05, 3.63) is 78.0 Å². The molecule has 1 spiro atoms. The van der Waals surface area contributed by atoms with E-state index in [1.165, 1.54) is 0 Å². The quantitative estimate of drug-likeness (QED) is 0.392. The normalized spacial score (nSPS) is 28.1. The van der Waals surface area contributed by atoms with Crippen molar-refractivity contribution in [2.24, 2.45) is 5.41 Å². The van der Waals surface area contributed by atoms with Crippen molar-refractivity contribution in [1.82, 2.24) is 19.9 Å². The average Bonchev–Trinajstić information content (AvgIpc) is 3.76. The lowest BCUT2D eigenvalue weighted by atomic mass is 9.59.